The average molecular weight is 365 g/mol. The molecule has 0 bridgehead atoms. The second-order valence-electron chi connectivity index (χ2n) is 5.97. The minimum Gasteiger partial charge on any atom is -0.484 e. The number of carboxylic acids is 1. The summed E-state index contributed by atoms with van der Waals surface area (Å²) in [7, 11) is 1.77. The van der Waals surface area contributed by atoms with E-state index in [9.17, 15) is 9.59 Å². The molecule has 1 amide bonds. The van der Waals surface area contributed by atoms with Gasteiger partial charge < -0.3 is 14.7 Å². The van der Waals surface area contributed by atoms with Crippen molar-refractivity contribution in [3.63, 3.8) is 0 Å². The number of carbonyl (C=O) groups excluding carboxylic acids is 1. The molecule has 0 atom stereocenters. The van der Waals surface area contributed by atoms with E-state index in [-0.39, 0.29) is 12.5 Å². The van der Waals surface area contributed by atoms with Crippen molar-refractivity contribution in [1.29, 1.82) is 0 Å². The second-order valence-corrected chi connectivity index (χ2v) is 5.97. The van der Waals surface area contributed by atoms with Crippen molar-refractivity contribution in [2.45, 2.75) is 6.42 Å². The van der Waals surface area contributed by atoms with Gasteiger partial charge in [-0.2, -0.15) is 0 Å². The number of benzene rings is 2. The maximum absolute atomic E-state index is 12.2. The molecule has 0 aliphatic rings. The SMILES string of the molecule is CN(CCc1ccccc1)C(=O)COc1cccc(/C=C/C=C/C(=O)O)c1. The van der Waals surface area contributed by atoms with Crippen LogP contribution in [0.25, 0.3) is 6.08 Å². The van der Waals surface area contributed by atoms with Crippen molar-refractivity contribution in [3.05, 3.63) is 84.0 Å². The lowest BCUT2D eigenvalue weighted by Gasteiger charge is -2.17. The highest BCUT2D eigenvalue weighted by atomic mass is 16.5. The number of hydrogen-bond acceptors (Lipinski definition) is 3. The van der Waals surface area contributed by atoms with Crippen LogP contribution < -0.4 is 4.74 Å². The van der Waals surface area contributed by atoms with Gasteiger partial charge in [0.2, 0.25) is 0 Å². The van der Waals surface area contributed by atoms with Crippen LogP contribution in [0.4, 0.5) is 0 Å². The third-order valence-corrected chi connectivity index (χ3v) is 3.86. The first-order chi connectivity index (χ1) is 13.0. The highest BCUT2D eigenvalue weighted by Crippen LogP contribution is 2.14. The summed E-state index contributed by atoms with van der Waals surface area (Å²) in [6.45, 7) is 0.599. The standard InChI is InChI=1S/C22H23NO4/c1-23(15-14-18-8-3-2-4-9-18)21(24)17-27-20-12-7-11-19(16-20)10-5-6-13-22(25)26/h2-13,16H,14-15,17H2,1H3,(H,25,26)/b10-5+,13-6+. The van der Waals surface area contributed by atoms with Crippen molar-refractivity contribution >= 4 is 18.0 Å². The lowest BCUT2D eigenvalue weighted by molar-refractivity contribution is -0.132. The van der Waals surface area contributed by atoms with E-state index in [0.717, 1.165) is 18.1 Å². The van der Waals surface area contributed by atoms with Gasteiger partial charge in [-0.25, -0.2) is 4.79 Å². The first kappa shape index (κ1) is 20.0. The monoisotopic (exact) mass is 365 g/mol. The summed E-state index contributed by atoms with van der Waals surface area (Å²) in [6.07, 6.45) is 6.70. The fourth-order valence-corrected chi connectivity index (χ4v) is 2.33. The normalized spacial score (nSPS) is 11.0. The Morgan fingerprint density at radius 3 is 2.59 bits per heavy atom. The van der Waals surface area contributed by atoms with E-state index >= 15 is 0 Å². The number of amides is 1. The molecule has 0 fully saturated rings. The van der Waals surface area contributed by atoms with Gasteiger partial charge in [0.1, 0.15) is 5.75 Å². The zero-order valence-corrected chi connectivity index (χ0v) is 15.2. The smallest absolute Gasteiger partial charge is 0.328 e. The van der Waals surface area contributed by atoms with Crippen LogP contribution in [0.1, 0.15) is 11.1 Å². The topological polar surface area (TPSA) is 66.8 Å². The van der Waals surface area contributed by atoms with Crippen LogP contribution in [-0.2, 0) is 16.0 Å². The Labute approximate surface area is 159 Å². The molecule has 0 saturated heterocycles. The molecule has 2 aromatic carbocycles. The van der Waals surface area contributed by atoms with E-state index in [1.54, 1.807) is 36.2 Å². The highest BCUT2D eigenvalue weighted by molar-refractivity contribution is 5.80. The number of aliphatic carboxylic acids is 1. The van der Waals surface area contributed by atoms with Crippen LogP contribution in [0.2, 0.25) is 0 Å². The van der Waals surface area contributed by atoms with Gasteiger partial charge in [0.15, 0.2) is 6.61 Å². The van der Waals surface area contributed by atoms with Crippen molar-refractivity contribution in [1.82, 2.24) is 4.90 Å². The Kier molecular flexibility index (Phi) is 7.85. The van der Waals surface area contributed by atoms with Crippen LogP contribution in [0.5, 0.6) is 5.75 Å². The summed E-state index contributed by atoms with van der Waals surface area (Å²) >= 11 is 0. The second kappa shape index (κ2) is 10.6. The summed E-state index contributed by atoms with van der Waals surface area (Å²) in [5, 5.41) is 8.55. The van der Waals surface area contributed by atoms with Gasteiger partial charge in [-0.15, -0.1) is 0 Å². The Hall–Kier alpha value is -3.34. The molecular formula is C22H23NO4. The molecule has 0 spiro atoms. The van der Waals surface area contributed by atoms with Gasteiger partial charge in [-0.3, -0.25) is 4.79 Å². The first-order valence-electron chi connectivity index (χ1n) is 8.63. The number of rotatable bonds is 9. The minimum atomic E-state index is -0.994. The highest BCUT2D eigenvalue weighted by Gasteiger charge is 2.09. The largest absolute Gasteiger partial charge is 0.484 e. The molecule has 0 aliphatic carbocycles. The molecular weight excluding hydrogens is 342 g/mol. The molecule has 0 saturated carbocycles. The first-order valence-corrected chi connectivity index (χ1v) is 8.63. The average Bonchev–Trinajstić information content (AvgIpc) is 2.68. The number of carboxylic acid groups (broad SMARTS) is 1. The zero-order valence-electron chi connectivity index (χ0n) is 15.2. The van der Waals surface area contributed by atoms with Crippen molar-refractivity contribution in [2.24, 2.45) is 0 Å². The molecule has 0 aromatic heterocycles. The molecule has 5 nitrogen and oxygen atoms in total. The Morgan fingerprint density at radius 1 is 1.07 bits per heavy atom. The summed E-state index contributed by atoms with van der Waals surface area (Å²) in [4.78, 5) is 24.3. The van der Waals surface area contributed by atoms with E-state index in [4.69, 9.17) is 9.84 Å². The van der Waals surface area contributed by atoms with Crippen molar-refractivity contribution in [2.75, 3.05) is 20.2 Å². The number of likely N-dealkylation sites (N-methyl/N-ethyl adjacent to an activating group) is 1. The van der Waals surface area contributed by atoms with E-state index < -0.39 is 5.97 Å². The molecule has 2 aromatic rings. The van der Waals surface area contributed by atoms with E-state index in [1.807, 2.05) is 42.5 Å². The Balaban J connectivity index is 1.82. The summed E-state index contributed by atoms with van der Waals surface area (Å²) in [6, 6.07) is 17.3. The molecule has 5 heteroatoms. The molecule has 2 rings (SSSR count). The van der Waals surface area contributed by atoms with E-state index in [2.05, 4.69) is 0 Å². The molecule has 0 heterocycles. The predicted octanol–water partition coefficient (Wildman–Crippen LogP) is 3.42. The van der Waals surface area contributed by atoms with Crippen LogP contribution >= 0.6 is 0 Å². The van der Waals surface area contributed by atoms with Crippen molar-refractivity contribution in [3.8, 4) is 5.75 Å². The van der Waals surface area contributed by atoms with E-state index in [0.29, 0.717) is 12.3 Å². The summed E-state index contributed by atoms with van der Waals surface area (Å²) < 4.78 is 5.59. The van der Waals surface area contributed by atoms with Gasteiger partial charge in [0, 0.05) is 19.7 Å². The molecule has 140 valence electrons. The molecule has 1 N–H and O–H groups in total. The van der Waals surface area contributed by atoms with E-state index in [1.165, 1.54) is 11.6 Å². The van der Waals surface area contributed by atoms with Gasteiger partial charge in [0.25, 0.3) is 5.91 Å². The minimum absolute atomic E-state index is 0.0304. The number of allylic oxidation sites excluding steroid dienone is 2. The Bertz CT molecular complexity index is 812. The van der Waals surface area contributed by atoms with Crippen molar-refractivity contribution < 1.29 is 19.4 Å². The van der Waals surface area contributed by atoms with Gasteiger partial charge in [-0.1, -0.05) is 60.7 Å². The number of ether oxygens (including phenoxy) is 1. The van der Waals surface area contributed by atoms with Gasteiger partial charge in [-0.05, 0) is 29.7 Å². The predicted molar refractivity (Wildman–Crippen MR) is 106 cm³/mol. The lowest BCUT2D eigenvalue weighted by Crippen LogP contribution is -2.33. The third kappa shape index (κ3) is 7.61. The molecule has 0 unspecified atom stereocenters. The van der Waals surface area contributed by atoms with Crippen LogP contribution in [-0.4, -0.2) is 42.1 Å². The zero-order chi connectivity index (χ0) is 19.5. The molecule has 0 radical (unpaired) electrons. The maximum atomic E-state index is 12.2. The molecule has 27 heavy (non-hydrogen) atoms. The summed E-state index contributed by atoms with van der Waals surface area (Å²) in [5.74, 6) is -0.493. The fraction of sp³-hybridized carbons (Fsp3) is 0.182. The Morgan fingerprint density at radius 2 is 1.85 bits per heavy atom. The van der Waals surface area contributed by atoms with Crippen LogP contribution in [0.15, 0.2) is 72.8 Å². The van der Waals surface area contributed by atoms with Gasteiger partial charge in [0.05, 0.1) is 0 Å². The van der Waals surface area contributed by atoms with Crippen LogP contribution in [0.3, 0.4) is 0 Å². The lowest BCUT2D eigenvalue weighted by atomic mass is 10.1. The quantitative estimate of drug-likeness (QED) is 0.546. The van der Waals surface area contributed by atoms with Crippen LogP contribution in [0, 0.1) is 0 Å². The number of hydrogen-bond donors (Lipinski definition) is 1. The number of carbonyl (C=O) groups is 2. The maximum Gasteiger partial charge on any atom is 0.328 e. The third-order valence-electron chi connectivity index (χ3n) is 3.86. The molecule has 0 aliphatic heterocycles. The number of nitrogens with zero attached hydrogens (tertiary/aromatic N) is 1. The summed E-state index contributed by atoms with van der Waals surface area (Å²) in [5.41, 5.74) is 2.04. The fourth-order valence-electron chi connectivity index (χ4n) is 2.33. The van der Waals surface area contributed by atoms with Gasteiger partial charge >= 0.3 is 5.97 Å².